The van der Waals surface area contributed by atoms with Gasteiger partial charge in [-0.15, -0.1) is 0 Å². The molecule has 0 atom stereocenters. The SMILES string of the molecule is CCCCc1ccc(C(F)(F)C(=O)N(C)C)cc1. The van der Waals surface area contributed by atoms with Crippen LogP contribution in [0.4, 0.5) is 8.78 Å². The molecule has 0 spiro atoms. The van der Waals surface area contributed by atoms with Gasteiger partial charge in [-0.2, -0.15) is 8.78 Å². The average molecular weight is 255 g/mol. The van der Waals surface area contributed by atoms with E-state index < -0.39 is 11.8 Å². The Kier molecular flexibility index (Phi) is 4.82. The molecule has 0 saturated heterocycles. The fraction of sp³-hybridized carbons (Fsp3) is 0.500. The van der Waals surface area contributed by atoms with Gasteiger partial charge in [0.05, 0.1) is 0 Å². The maximum absolute atomic E-state index is 13.8. The summed E-state index contributed by atoms with van der Waals surface area (Å²) in [5, 5.41) is 0. The summed E-state index contributed by atoms with van der Waals surface area (Å²) >= 11 is 0. The summed E-state index contributed by atoms with van der Waals surface area (Å²) in [5.74, 6) is -4.64. The zero-order valence-electron chi connectivity index (χ0n) is 11.0. The van der Waals surface area contributed by atoms with Crippen LogP contribution >= 0.6 is 0 Å². The lowest BCUT2D eigenvalue weighted by molar-refractivity contribution is -0.156. The van der Waals surface area contributed by atoms with Crippen molar-refractivity contribution in [2.75, 3.05) is 14.1 Å². The smallest absolute Gasteiger partial charge is 0.343 e. The molecule has 0 saturated carbocycles. The summed E-state index contributed by atoms with van der Waals surface area (Å²) in [5.41, 5.74) is 0.773. The quantitative estimate of drug-likeness (QED) is 0.791. The maximum Gasteiger partial charge on any atom is 0.349 e. The molecule has 18 heavy (non-hydrogen) atoms. The number of aryl methyl sites for hydroxylation is 1. The molecule has 0 aliphatic carbocycles. The number of likely N-dealkylation sites (N-methyl/N-ethyl adjacent to an activating group) is 1. The molecule has 0 N–H and O–H groups in total. The predicted octanol–water partition coefficient (Wildman–Crippen LogP) is 3.21. The van der Waals surface area contributed by atoms with Crippen LogP contribution in [0.2, 0.25) is 0 Å². The molecule has 0 radical (unpaired) electrons. The molecular formula is C14H19F2NO. The number of carbonyl (C=O) groups is 1. The molecule has 0 unspecified atom stereocenters. The van der Waals surface area contributed by atoms with Crippen LogP contribution in [0.1, 0.15) is 30.9 Å². The summed E-state index contributed by atoms with van der Waals surface area (Å²) in [6, 6.07) is 6.02. The van der Waals surface area contributed by atoms with E-state index in [1.165, 1.54) is 26.2 Å². The van der Waals surface area contributed by atoms with E-state index in [1.54, 1.807) is 12.1 Å². The molecule has 0 bridgehead atoms. The monoisotopic (exact) mass is 255 g/mol. The Balaban J connectivity index is 2.87. The number of hydrogen-bond acceptors (Lipinski definition) is 1. The summed E-state index contributed by atoms with van der Waals surface area (Å²) in [6.45, 7) is 2.08. The molecule has 0 aliphatic heterocycles. The fourth-order valence-corrected chi connectivity index (χ4v) is 1.67. The van der Waals surface area contributed by atoms with E-state index in [2.05, 4.69) is 6.92 Å². The highest BCUT2D eigenvalue weighted by atomic mass is 19.3. The van der Waals surface area contributed by atoms with E-state index in [4.69, 9.17) is 0 Å². The molecule has 0 aromatic heterocycles. The second kappa shape index (κ2) is 5.94. The molecule has 1 amide bonds. The lowest BCUT2D eigenvalue weighted by Crippen LogP contribution is -2.37. The average Bonchev–Trinajstić information content (AvgIpc) is 2.35. The number of alkyl halides is 2. The zero-order chi connectivity index (χ0) is 13.8. The molecule has 100 valence electrons. The van der Waals surface area contributed by atoms with Crippen LogP contribution in [0.3, 0.4) is 0 Å². The molecule has 1 rings (SSSR count). The van der Waals surface area contributed by atoms with Crippen molar-refractivity contribution in [3.05, 3.63) is 35.4 Å². The first-order chi connectivity index (χ1) is 8.39. The Bertz CT molecular complexity index is 399. The number of hydrogen-bond donors (Lipinski definition) is 0. The Hall–Kier alpha value is -1.45. The van der Waals surface area contributed by atoms with Crippen molar-refractivity contribution < 1.29 is 13.6 Å². The molecule has 2 nitrogen and oxygen atoms in total. The number of benzene rings is 1. The van der Waals surface area contributed by atoms with Crippen LogP contribution in [-0.4, -0.2) is 24.9 Å². The lowest BCUT2D eigenvalue weighted by atomic mass is 10.0. The molecule has 0 heterocycles. The van der Waals surface area contributed by atoms with E-state index in [0.717, 1.165) is 29.7 Å². The van der Waals surface area contributed by atoms with Gasteiger partial charge in [0, 0.05) is 19.7 Å². The van der Waals surface area contributed by atoms with E-state index in [9.17, 15) is 13.6 Å². The molecule has 0 aliphatic rings. The van der Waals surface area contributed by atoms with Gasteiger partial charge in [-0.05, 0) is 18.4 Å². The van der Waals surface area contributed by atoms with Gasteiger partial charge in [0.1, 0.15) is 0 Å². The van der Waals surface area contributed by atoms with Gasteiger partial charge < -0.3 is 4.90 Å². The second-order valence-electron chi connectivity index (χ2n) is 4.57. The van der Waals surface area contributed by atoms with Crippen molar-refractivity contribution in [2.45, 2.75) is 32.1 Å². The highest BCUT2D eigenvalue weighted by molar-refractivity contribution is 5.84. The fourth-order valence-electron chi connectivity index (χ4n) is 1.67. The van der Waals surface area contributed by atoms with Gasteiger partial charge in [0.2, 0.25) is 0 Å². The van der Waals surface area contributed by atoms with Crippen molar-refractivity contribution in [1.29, 1.82) is 0 Å². The molecule has 1 aromatic rings. The second-order valence-corrected chi connectivity index (χ2v) is 4.57. The molecule has 0 fully saturated rings. The van der Waals surface area contributed by atoms with Crippen molar-refractivity contribution in [3.8, 4) is 0 Å². The van der Waals surface area contributed by atoms with Crippen LogP contribution in [0.15, 0.2) is 24.3 Å². The standard InChI is InChI=1S/C14H19F2NO/c1-4-5-6-11-7-9-12(10-8-11)14(15,16)13(18)17(2)3/h7-10H,4-6H2,1-3H3. The number of halogens is 2. The summed E-state index contributed by atoms with van der Waals surface area (Å²) in [7, 11) is 2.65. The van der Waals surface area contributed by atoms with E-state index in [1.807, 2.05) is 0 Å². The van der Waals surface area contributed by atoms with Crippen molar-refractivity contribution in [3.63, 3.8) is 0 Å². The van der Waals surface area contributed by atoms with Crippen molar-refractivity contribution >= 4 is 5.91 Å². The number of unbranched alkanes of at least 4 members (excludes halogenated alkanes) is 1. The van der Waals surface area contributed by atoms with E-state index in [-0.39, 0.29) is 5.56 Å². The Morgan fingerprint density at radius 1 is 1.22 bits per heavy atom. The first-order valence-electron chi connectivity index (χ1n) is 6.08. The van der Waals surface area contributed by atoms with Crippen LogP contribution in [0.5, 0.6) is 0 Å². The third-order valence-electron chi connectivity index (χ3n) is 2.81. The summed E-state index contributed by atoms with van der Waals surface area (Å²) < 4.78 is 27.6. The lowest BCUT2D eigenvalue weighted by Gasteiger charge is -2.20. The topological polar surface area (TPSA) is 20.3 Å². The van der Waals surface area contributed by atoms with Crippen LogP contribution in [0, 0.1) is 0 Å². The van der Waals surface area contributed by atoms with Gasteiger partial charge in [-0.25, -0.2) is 0 Å². The Labute approximate surface area is 107 Å². The van der Waals surface area contributed by atoms with Crippen molar-refractivity contribution in [1.82, 2.24) is 4.90 Å². The number of rotatable bonds is 5. The first-order valence-corrected chi connectivity index (χ1v) is 6.08. The van der Waals surface area contributed by atoms with Gasteiger partial charge in [0.25, 0.3) is 5.91 Å². The number of nitrogens with zero attached hydrogens (tertiary/aromatic N) is 1. The normalized spacial score (nSPS) is 11.4. The zero-order valence-corrected chi connectivity index (χ0v) is 11.0. The molecule has 4 heteroatoms. The molecular weight excluding hydrogens is 236 g/mol. The first kappa shape index (κ1) is 14.6. The van der Waals surface area contributed by atoms with E-state index in [0.29, 0.717) is 0 Å². The minimum Gasteiger partial charge on any atom is -0.343 e. The van der Waals surface area contributed by atoms with Crippen LogP contribution in [-0.2, 0) is 17.1 Å². The highest BCUT2D eigenvalue weighted by Crippen LogP contribution is 2.29. The highest BCUT2D eigenvalue weighted by Gasteiger charge is 2.41. The predicted molar refractivity (Wildman–Crippen MR) is 67.6 cm³/mol. The summed E-state index contributed by atoms with van der Waals surface area (Å²) in [4.78, 5) is 12.3. The third-order valence-corrected chi connectivity index (χ3v) is 2.81. The Morgan fingerprint density at radius 3 is 2.22 bits per heavy atom. The van der Waals surface area contributed by atoms with Gasteiger partial charge >= 0.3 is 5.92 Å². The van der Waals surface area contributed by atoms with E-state index >= 15 is 0 Å². The van der Waals surface area contributed by atoms with Gasteiger partial charge in [-0.1, -0.05) is 37.6 Å². The van der Waals surface area contributed by atoms with Gasteiger partial charge in [0.15, 0.2) is 0 Å². The number of amides is 1. The van der Waals surface area contributed by atoms with Crippen LogP contribution < -0.4 is 0 Å². The minimum absolute atomic E-state index is 0.249. The van der Waals surface area contributed by atoms with Crippen molar-refractivity contribution in [2.24, 2.45) is 0 Å². The summed E-state index contributed by atoms with van der Waals surface area (Å²) in [6.07, 6.45) is 2.98. The largest absolute Gasteiger partial charge is 0.349 e. The minimum atomic E-state index is -3.45. The molecule has 1 aromatic carbocycles. The Morgan fingerprint density at radius 2 is 1.78 bits per heavy atom. The van der Waals surface area contributed by atoms with Gasteiger partial charge in [-0.3, -0.25) is 4.79 Å². The van der Waals surface area contributed by atoms with Crippen LogP contribution in [0.25, 0.3) is 0 Å². The third kappa shape index (κ3) is 3.28. The maximum atomic E-state index is 13.8. The number of carbonyl (C=O) groups excluding carboxylic acids is 1.